The highest BCUT2D eigenvalue weighted by molar-refractivity contribution is 14.0. The van der Waals surface area contributed by atoms with Crippen LogP contribution in [0.5, 0.6) is 0 Å². The number of halogens is 1. The Labute approximate surface area is 117 Å². The maximum Gasteiger partial charge on any atom is 0.188 e. The average molecular weight is 339 g/mol. The SMILES string of the molecule is CC1CCCC(CN=C(N)NC(C)C)C1.I. The molecule has 0 aromatic heterocycles. The van der Waals surface area contributed by atoms with Crippen LogP contribution in [0.1, 0.15) is 46.5 Å². The van der Waals surface area contributed by atoms with Crippen molar-refractivity contribution in [3.05, 3.63) is 0 Å². The van der Waals surface area contributed by atoms with Crippen LogP contribution in [0.15, 0.2) is 4.99 Å². The zero-order valence-electron chi connectivity index (χ0n) is 10.7. The molecule has 1 rings (SSSR count). The maximum atomic E-state index is 5.77. The van der Waals surface area contributed by atoms with E-state index in [9.17, 15) is 0 Å². The van der Waals surface area contributed by atoms with Crippen molar-refractivity contribution in [3.63, 3.8) is 0 Å². The molecule has 0 aromatic rings. The van der Waals surface area contributed by atoms with Gasteiger partial charge in [0.1, 0.15) is 0 Å². The summed E-state index contributed by atoms with van der Waals surface area (Å²) >= 11 is 0. The van der Waals surface area contributed by atoms with Crippen LogP contribution in [-0.2, 0) is 0 Å². The van der Waals surface area contributed by atoms with Crippen molar-refractivity contribution in [1.29, 1.82) is 0 Å². The third kappa shape index (κ3) is 6.55. The van der Waals surface area contributed by atoms with Gasteiger partial charge in [0.15, 0.2) is 5.96 Å². The van der Waals surface area contributed by atoms with Gasteiger partial charge >= 0.3 is 0 Å². The van der Waals surface area contributed by atoms with Gasteiger partial charge in [-0.25, -0.2) is 0 Å². The van der Waals surface area contributed by atoms with Gasteiger partial charge in [0.2, 0.25) is 0 Å². The van der Waals surface area contributed by atoms with Crippen molar-refractivity contribution >= 4 is 29.9 Å². The molecule has 0 aliphatic heterocycles. The van der Waals surface area contributed by atoms with Gasteiger partial charge in [-0.15, -0.1) is 24.0 Å². The van der Waals surface area contributed by atoms with Gasteiger partial charge in [-0.05, 0) is 38.5 Å². The van der Waals surface area contributed by atoms with Gasteiger partial charge in [0.25, 0.3) is 0 Å². The van der Waals surface area contributed by atoms with E-state index < -0.39 is 0 Å². The summed E-state index contributed by atoms with van der Waals surface area (Å²) in [5, 5.41) is 3.12. The molecule has 16 heavy (non-hydrogen) atoms. The van der Waals surface area contributed by atoms with E-state index in [1.165, 1.54) is 25.7 Å². The van der Waals surface area contributed by atoms with Crippen molar-refractivity contribution in [3.8, 4) is 0 Å². The van der Waals surface area contributed by atoms with Crippen molar-refractivity contribution in [2.24, 2.45) is 22.6 Å². The van der Waals surface area contributed by atoms with E-state index in [-0.39, 0.29) is 24.0 Å². The summed E-state index contributed by atoms with van der Waals surface area (Å²) in [7, 11) is 0. The molecular formula is C12H26IN3. The van der Waals surface area contributed by atoms with Crippen LogP contribution in [-0.4, -0.2) is 18.5 Å². The van der Waals surface area contributed by atoms with E-state index in [1.54, 1.807) is 0 Å². The summed E-state index contributed by atoms with van der Waals surface area (Å²) in [6.45, 7) is 7.39. The first-order valence-electron chi connectivity index (χ1n) is 6.14. The second kappa shape index (κ2) is 8.14. The van der Waals surface area contributed by atoms with E-state index >= 15 is 0 Å². The van der Waals surface area contributed by atoms with Crippen LogP contribution in [0.2, 0.25) is 0 Å². The predicted octanol–water partition coefficient (Wildman–Crippen LogP) is 2.74. The van der Waals surface area contributed by atoms with Crippen LogP contribution in [0.25, 0.3) is 0 Å². The monoisotopic (exact) mass is 339 g/mol. The van der Waals surface area contributed by atoms with E-state index in [0.29, 0.717) is 12.0 Å². The lowest BCUT2D eigenvalue weighted by molar-refractivity contribution is 0.289. The molecule has 0 saturated heterocycles. The summed E-state index contributed by atoms with van der Waals surface area (Å²) in [6, 6.07) is 0.374. The topological polar surface area (TPSA) is 50.4 Å². The number of aliphatic imine (C=N–C) groups is 1. The van der Waals surface area contributed by atoms with Crippen LogP contribution >= 0.6 is 24.0 Å². The second-order valence-electron chi connectivity index (χ2n) is 5.16. The zero-order valence-corrected chi connectivity index (χ0v) is 13.0. The number of nitrogens with two attached hydrogens (primary N) is 1. The first kappa shape index (κ1) is 16.0. The summed E-state index contributed by atoms with van der Waals surface area (Å²) in [5.74, 6) is 2.22. The lowest BCUT2D eigenvalue weighted by Gasteiger charge is -2.25. The molecule has 1 aliphatic rings. The normalized spacial score (nSPS) is 26.4. The van der Waals surface area contributed by atoms with E-state index in [2.05, 4.69) is 31.1 Å². The zero-order chi connectivity index (χ0) is 11.3. The molecule has 1 fully saturated rings. The number of rotatable bonds is 3. The summed E-state index contributed by atoms with van der Waals surface area (Å²) < 4.78 is 0. The minimum absolute atomic E-state index is 0. The van der Waals surface area contributed by atoms with Gasteiger partial charge in [-0.1, -0.05) is 19.8 Å². The van der Waals surface area contributed by atoms with Crippen molar-refractivity contribution < 1.29 is 0 Å². The van der Waals surface area contributed by atoms with Crippen LogP contribution in [0, 0.1) is 11.8 Å². The Morgan fingerprint density at radius 2 is 2.12 bits per heavy atom. The van der Waals surface area contributed by atoms with E-state index in [4.69, 9.17) is 5.73 Å². The maximum absolute atomic E-state index is 5.77. The molecule has 1 saturated carbocycles. The van der Waals surface area contributed by atoms with Gasteiger partial charge in [-0.3, -0.25) is 4.99 Å². The molecule has 0 bridgehead atoms. The fourth-order valence-corrected chi connectivity index (χ4v) is 2.29. The highest BCUT2D eigenvalue weighted by Gasteiger charge is 2.18. The second-order valence-corrected chi connectivity index (χ2v) is 5.16. The lowest BCUT2D eigenvalue weighted by atomic mass is 9.82. The Hall–Kier alpha value is 0. The molecule has 0 heterocycles. The lowest BCUT2D eigenvalue weighted by Crippen LogP contribution is -2.37. The molecule has 96 valence electrons. The minimum atomic E-state index is 0. The summed E-state index contributed by atoms with van der Waals surface area (Å²) in [6.07, 6.45) is 5.39. The summed E-state index contributed by atoms with van der Waals surface area (Å²) in [5.41, 5.74) is 5.77. The van der Waals surface area contributed by atoms with Crippen LogP contribution in [0.4, 0.5) is 0 Å². The number of hydrogen-bond donors (Lipinski definition) is 2. The van der Waals surface area contributed by atoms with Crippen molar-refractivity contribution in [1.82, 2.24) is 5.32 Å². The molecular weight excluding hydrogens is 313 g/mol. The molecule has 0 spiro atoms. The predicted molar refractivity (Wildman–Crippen MR) is 81.3 cm³/mol. The van der Waals surface area contributed by atoms with Gasteiger partial charge in [0.05, 0.1) is 0 Å². The molecule has 0 amide bonds. The number of guanidine groups is 1. The average Bonchev–Trinajstić information content (AvgIpc) is 2.14. The molecule has 4 heteroatoms. The van der Waals surface area contributed by atoms with Gasteiger partial charge < -0.3 is 11.1 Å². The molecule has 2 unspecified atom stereocenters. The van der Waals surface area contributed by atoms with Crippen molar-refractivity contribution in [2.75, 3.05) is 6.54 Å². The first-order valence-corrected chi connectivity index (χ1v) is 6.14. The number of hydrogen-bond acceptors (Lipinski definition) is 1. The molecule has 1 aliphatic carbocycles. The number of nitrogens with one attached hydrogen (secondary N) is 1. The molecule has 0 radical (unpaired) electrons. The van der Waals surface area contributed by atoms with E-state index in [1.807, 2.05) is 0 Å². The Morgan fingerprint density at radius 3 is 2.69 bits per heavy atom. The van der Waals surface area contributed by atoms with E-state index in [0.717, 1.165) is 18.4 Å². The number of nitrogens with zero attached hydrogens (tertiary/aromatic N) is 1. The highest BCUT2D eigenvalue weighted by Crippen LogP contribution is 2.28. The molecule has 2 atom stereocenters. The standard InChI is InChI=1S/C12H25N3.HI/c1-9(2)15-12(13)14-8-11-6-4-5-10(3)7-11;/h9-11H,4-8H2,1-3H3,(H3,13,14,15);1H. The first-order chi connectivity index (χ1) is 7.08. The molecule has 3 nitrogen and oxygen atoms in total. The molecule has 3 N–H and O–H groups in total. The third-order valence-electron chi connectivity index (χ3n) is 3.00. The Kier molecular flexibility index (Phi) is 8.14. The third-order valence-corrected chi connectivity index (χ3v) is 3.00. The Morgan fingerprint density at radius 1 is 1.44 bits per heavy atom. The van der Waals surface area contributed by atoms with Crippen LogP contribution < -0.4 is 11.1 Å². The fourth-order valence-electron chi connectivity index (χ4n) is 2.29. The highest BCUT2D eigenvalue weighted by atomic mass is 127. The Balaban J connectivity index is 0.00000225. The summed E-state index contributed by atoms with van der Waals surface area (Å²) in [4.78, 5) is 4.41. The van der Waals surface area contributed by atoms with Gasteiger partial charge in [0, 0.05) is 12.6 Å². The minimum Gasteiger partial charge on any atom is -0.370 e. The van der Waals surface area contributed by atoms with Crippen LogP contribution in [0.3, 0.4) is 0 Å². The Bertz CT molecular complexity index is 216. The quantitative estimate of drug-likeness (QED) is 0.472. The fraction of sp³-hybridized carbons (Fsp3) is 0.917. The van der Waals surface area contributed by atoms with Crippen molar-refractivity contribution in [2.45, 2.75) is 52.5 Å². The molecule has 0 aromatic carbocycles. The smallest absolute Gasteiger partial charge is 0.188 e. The van der Waals surface area contributed by atoms with Gasteiger partial charge in [-0.2, -0.15) is 0 Å². The largest absolute Gasteiger partial charge is 0.370 e.